The van der Waals surface area contributed by atoms with Gasteiger partial charge in [-0.25, -0.2) is 9.98 Å². The van der Waals surface area contributed by atoms with E-state index in [1.165, 1.54) is 5.56 Å². The Balaban J connectivity index is 1.75. The number of benzene rings is 2. The first-order chi connectivity index (χ1) is 15.0. The summed E-state index contributed by atoms with van der Waals surface area (Å²) in [5, 5.41) is 7.68. The fourth-order valence-electron chi connectivity index (χ4n) is 4.12. The monoisotopic (exact) mass is 417 g/mol. The number of fused-ring (bicyclic) bond motifs is 1. The Bertz CT molecular complexity index is 1150. The maximum Gasteiger partial charge on any atom is 0.161 e. The highest BCUT2D eigenvalue weighted by Gasteiger charge is 2.26. The number of ether oxygens (including phenoxy) is 2. The first-order valence-corrected chi connectivity index (χ1v) is 10.2. The van der Waals surface area contributed by atoms with Gasteiger partial charge in [0.2, 0.25) is 0 Å². The minimum Gasteiger partial charge on any atom is -0.493 e. The van der Waals surface area contributed by atoms with Crippen LogP contribution in [-0.4, -0.2) is 47.8 Å². The predicted octanol–water partition coefficient (Wildman–Crippen LogP) is 4.12. The van der Waals surface area contributed by atoms with E-state index in [2.05, 4.69) is 40.0 Å². The van der Waals surface area contributed by atoms with Gasteiger partial charge in [-0.05, 0) is 49.1 Å². The van der Waals surface area contributed by atoms with Crippen molar-refractivity contribution >= 4 is 12.2 Å². The van der Waals surface area contributed by atoms with Crippen LogP contribution in [-0.2, 0) is 13.0 Å². The number of methoxy groups -OCH3 is 2. The van der Waals surface area contributed by atoms with E-state index in [0.29, 0.717) is 18.1 Å². The summed E-state index contributed by atoms with van der Waals surface area (Å²) in [5.74, 6) is 2.99. The molecule has 2 heterocycles. The third-order valence-corrected chi connectivity index (χ3v) is 5.65. The molecule has 1 aliphatic heterocycles. The lowest BCUT2D eigenvalue weighted by atomic mass is 9.97. The molecule has 0 unspecified atom stereocenters. The van der Waals surface area contributed by atoms with Crippen LogP contribution in [0, 0.1) is 19.3 Å². The number of amidine groups is 1. The fraction of sp³-hybridized carbons (Fsp3) is 0.292. The van der Waals surface area contributed by atoms with Crippen LogP contribution in [0.15, 0.2) is 41.4 Å². The number of imidazole rings is 1. The number of aryl methyl sites for hydroxylation is 2. The van der Waals surface area contributed by atoms with Crippen molar-refractivity contribution < 1.29 is 9.47 Å². The van der Waals surface area contributed by atoms with E-state index in [9.17, 15) is 0 Å². The number of hydrogen-bond donors (Lipinski definition) is 2. The van der Waals surface area contributed by atoms with Crippen molar-refractivity contribution in [1.29, 1.82) is 5.41 Å². The lowest BCUT2D eigenvalue weighted by Crippen LogP contribution is -2.37. The summed E-state index contributed by atoms with van der Waals surface area (Å²) in [6.07, 6.45) is 1.94. The van der Waals surface area contributed by atoms with Gasteiger partial charge in [0.05, 0.1) is 19.9 Å². The van der Waals surface area contributed by atoms with E-state index in [1.807, 2.05) is 25.1 Å². The van der Waals surface area contributed by atoms with Gasteiger partial charge in [-0.3, -0.25) is 5.41 Å². The van der Waals surface area contributed by atoms with Crippen LogP contribution in [0.25, 0.3) is 11.3 Å². The van der Waals surface area contributed by atoms with Crippen molar-refractivity contribution in [3.63, 3.8) is 0 Å². The lowest BCUT2D eigenvalue weighted by Gasteiger charge is -2.32. The Kier molecular flexibility index (Phi) is 5.75. The predicted molar refractivity (Wildman–Crippen MR) is 122 cm³/mol. The molecular weight excluding hydrogens is 390 g/mol. The van der Waals surface area contributed by atoms with Crippen LogP contribution in [0.4, 0.5) is 0 Å². The van der Waals surface area contributed by atoms with E-state index < -0.39 is 0 Å². The van der Waals surface area contributed by atoms with Crippen LogP contribution >= 0.6 is 0 Å². The molecule has 2 N–H and O–H groups in total. The second-order valence-corrected chi connectivity index (χ2v) is 7.59. The summed E-state index contributed by atoms with van der Waals surface area (Å²) in [4.78, 5) is 14.8. The Hall–Kier alpha value is -3.61. The van der Waals surface area contributed by atoms with Crippen molar-refractivity contribution in [3.05, 3.63) is 64.6 Å². The highest BCUT2D eigenvalue weighted by atomic mass is 16.5. The molecule has 1 aliphatic rings. The average Bonchev–Trinajstić information content (AvgIpc) is 3.17. The summed E-state index contributed by atoms with van der Waals surface area (Å²) >= 11 is 0. The molecule has 160 valence electrons. The zero-order valence-electron chi connectivity index (χ0n) is 18.3. The molecule has 0 saturated heterocycles. The molecule has 4 rings (SSSR count). The van der Waals surface area contributed by atoms with Gasteiger partial charge in [0.15, 0.2) is 17.3 Å². The molecule has 2 aromatic carbocycles. The Labute approximate surface area is 182 Å². The van der Waals surface area contributed by atoms with Gasteiger partial charge >= 0.3 is 0 Å². The number of nitrogens with zero attached hydrogens (tertiary/aromatic N) is 3. The lowest BCUT2D eigenvalue weighted by molar-refractivity contribution is 0.348. The maximum absolute atomic E-state index is 7.68. The van der Waals surface area contributed by atoms with Gasteiger partial charge in [-0.15, -0.1) is 0 Å². The van der Waals surface area contributed by atoms with Crippen LogP contribution in [0.2, 0.25) is 0 Å². The third kappa shape index (κ3) is 3.91. The molecule has 0 aliphatic carbocycles. The van der Waals surface area contributed by atoms with Crippen molar-refractivity contribution in [1.82, 2.24) is 14.9 Å². The molecule has 0 saturated carbocycles. The van der Waals surface area contributed by atoms with Crippen LogP contribution < -0.4 is 9.47 Å². The van der Waals surface area contributed by atoms with Gasteiger partial charge < -0.3 is 19.4 Å². The van der Waals surface area contributed by atoms with Crippen molar-refractivity contribution in [3.8, 4) is 22.8 Å². The van der Waals surface area contributed by atoms with Crippen LogP contribution in [0.5, 0.6) is 11.5 Å². The Morgan fingerprint density at radius 1 is 1.13 bits per heavy atom. The molecule has 1 aromatic heterocycles. The number of nitrogens with one attached hydrogen (secondary N) is 2. The molecule has 7 nitrogen and oxygen atoms in total. The summed E-state index contributed by atoms with van der Waals surface area (Å²) in [5.41, 5.74) is 6.29. The van der Waals surface area contributed by atoms with Crippen molar-refractivity contribution in [2.24, 2.45) is 4.99 Å². The third-order valence-electron chi connectivity index (χ3n) is 5.65. The maximum atomic E-state index is 7.68. The average molecular weight is 418 g/mol. The fourth-order valence-corrected chi connectivity index (χ4v) is 4.12. The van der Waals surface area contributed by atoms with E-state index >= 15 is 0 Å². The van der Waals surface area contributed by atoms with E-state index in [-0.39, 0.29) is 0 Å². The second kappa shape index (κ2) is 8.63. The number of aromatic nitrogens is 2. The number of aliphatic imine (C=N–C) groups is 1. The summed E-state index contributed by atoms with van der Waals surface area (Å²) in [6, 6.07) is 12.3. The number of H-pyrrole nitrogens is 1. The van der Waals surface area contributed by atoms with Gasteiger partial charge in [0, 0.05) is 18.7 Å². The minimum absolute atomic E-state index is 0.660. The van der Waals surface area contributed by atoms with Crippen LogP contribution in [0.1, 0.15) is 28.2 Å². The Morgan fingerprint density at radius 3 is 2.52 bits per heavy atom. The highest BCUT2D eigenvalue weighted by Crippen LogP contribution is 2.34. The number of rotatable bonds is 5. The normalized spacial score (nSPS) is 13.7. The molecular formula is C24H27N5O2. The molecule has 0 fully saturated rings. The zero-order chi connectivity index (χ0) is 22.0. The molecule has 7 heteroatoms. The topological polar surface area (TPSA) is 86.6 Å². The molecule has 0 amide bonds. The quantitative estimate of drug-likeness (QED) is 0.483. The largest absolute Gasteiger partial charge is 0.493 e. The first-order valence-electron chi connectivity index (χ1n) is 10.2. The van der Waals surface area contributed by atoms with Gasteiger partial charge in [0.1, 0.15) is 17.9 Å². The van der Waals surface area contributed by atoms with E-state index in [4.69, 9.17) is 19.9 Å². The highest BCUT2D eigenvalue weighted by molar-refractivity contribution is 6.05. The molecule has 31 heavy (non-hydrogen) atoms. The second-order valence-electron chi connectivity index (χ2n) is 7.59. The van der Waals surface area contributed by atoms with Crippen molar-refractivity contribution in [2.45, 2.75) is 26.8 Å². The first kappa shape index (κ1) is 20.7. The summed E-state index contributed by atoms with van der Waals surface area (Å²) in [6.45, 7) is 5.46. The molecule has 0 radical (unpaired) electrons. The van der Waals surface area contributed by atoms with Gasteiger partial charge in [-0.2, -0.15) is 0 Å². The molecule has 0 spiro atoms. The van der Waals surface area contributed by atoms with Crippen molar-refractivity contribution in [2.75, 3.05) is 20.8 Å². The van der Waals surface area contributed by atoms with E-state index in [0.717, 1.165) is 59.0 Å². The smallest absolute Gasteiger partial charge is 0.161 e. The molecule has 0 atom stereocenters. The Morgan fingerprint density at radius 2 is 1.84 bits per heavy atom. The number of aromatic amines is 1. The van der Waals surface area contributed by atoms with E-state index in [1.54, 1.807) is 14.2 Å². The molecule has 3 aromatic rings. The summed E-state index contributed by atoms with van der Waals surface area (Å²) < 4.78 is 11.0. The SMILES string of the molecule is COc1cc2c(cc1OC)CN(C(=NC=N)c1[nH]c(C)nc1-c1ccccc1C)CC2. The zero-order valence-corrected chi connectivity index (χ0v) is 18.3. The standard InChI is InChI=1S/C24H27N5O2/c1-15-7-5-6-8-19(15)22-23(28-16(2)27-22)24(26-14-25)29-10-9-17-11-20(30-3)21(31-4)12-18(17)13-29/h5-8,11-12,14,25H,9-10,13H2,1-4H3,(H,27,28). The van der Waals surface area contributed by atoms with Gasteiger partial charge in [-0.1, -0.05) is 24.3 Å². The van der Waals surface area contributed by atoms with Gasteiger partial charge in [0.25, 0.3) is 0 Å². The van der Waals surface area contributed by atoms with Crippen LogP contribution in [0.3, 0.4) is 0 Å². The minimum atomic E-state index is 0.660. The molecule has 0 bridgehead atoms. The number of hydrogen-bond acceptors (Lipinski definition) is 4. The summed E-state index contributed by atoms with van der Waals surface area (Å²) in [7, 11) is 3.30.